The van der Waals surface area contributed by atoms with Crippen LogP contribution in [0.2, 0.25) is 0 Å². The van der Waals surface area contributed by atoms with Crippen LogP contribution in [0.1, 0.15) is 17.4 Å². The highest BCUT2D eigenvalue weighted by Gasteiger charge is 2.24. The normalized spacial score (nSPS) is 17.6. The minimum Gasteiger partial charge on any atom is -0.480 e. The highest BCUT2D eigenvalue weighted by Crippen LogP contribution is 2.24. The van der Waals surface area contributed by atoms with Gasteiger partial charge in [-0.15, -0.1) is 0 Å². The van der Waals surface area contributed by atoms with E-state index in [2.05, 4.69) is 30.2 Å². The van der Waals surface area contributed by atoms with Crippen LogP contribution in [0.4, 0.5) is 0 Å². The number of hydrogen-bond donors (Lipinski definition) is 2. The van der Waals surface area contributed by atoms with E-state index in [0.29, 0.717) is 55.2 Å². The van der Waals surface area contributed by atoms with Crippen molar-refractivity contribution in [2.75, 3.05) is 39.9 Å². The Kier molecular flexibility index (Phi) is 6.91. The van der Waals surface area contributed by atoms with Crippen molar-refractivity contribution in [2.45, 2.75) is 18.8 Å². The van der Waals surface area contributed by atoms with Crippen LogP contribution in [0.25, 0.3) is 22.3 Å². The largest absolute Gasteiger partial charge is 0.480 e. The van der Waals surface area contributed by atoms with E-state index >= 15 is 0 Å². The Hall–Kier alpha value is -3.51. The van der Waals surface area contributed by atoms with E-state index in [-0.39, 0.29) is 11.8 Å². The summed E-state index contributed by atoms with van der Waals surface area (Å²) in [5.41, 5.74) is 3.05. The van der Waals surface area contributed by atoms with Gasteiger partial charge in [0.05, 0.1) is 48.8 Å². The predicted octanol–water partition coefficient (Wildman–Crippen LogP) is 1.06. The molecule has 11 nitrogen and oxygen atoms in total. The monoisotopic (exact) mass is 478 g/mol. The maximum atomic E-state index is 11.4. The summed E-state index contributed by atoms with van der Waals surface area (Å²) < 4.78 is 16.2. The van der Waals surface area contributed by atoms with Gasteiger partial charge >= 0.3 is 5.63 Å². The molecular formula is C24H26N6O5. The lowest BCUT2D eigenvalue weighted by molar-refractivity contribution is -0.0395. The Morgan fingerprint density at radius 1 is 1.20 bits per heavy atom. The molecule has 1 aliphatic rings. The summed E-state index contributed by atoms with van der Waals surface area (Å²) in [6.45, 7) is 3.54. The van der Waals surface area contributed by atoms with Gasteiger partial charge in [-0.05, 0) is 18.2 Å². The lowest BCUT2D eigenvalue weighted by Gasteiger charge is -2.34. The van der Waals surface area contributed by atoms with Gasteiger partial charge in [0, 0.05) is 38.3 Å². The first-order valence-electron chi connectivity index (χ1n) is 11.4. The molecule has 2 unspecified atom stereocenters. The molecule has 0 aliphatic carbocycles. The van der Waals surface area contributed by atoms with Gasteiger partial charge in [0.1, 0.15) is 11.7 Å². The third kappa shape index (κ3) is 5.43. The van der Waals surface area contributed by atoms with Gasteiger partial charge in [0.25, 0.3) is 0 Å². The maximum Gasteiger partial charge on any atom is 0.356 e. The minimum absolute atomic E-state index is 0.0385. The van der Waals surface area contributed by atoms with Gasteiger partial charge in [-0.2, -0.15) is 0 Å². The van der Waals surface area contributed by atoms with Crippen molar-refractivity contribution in [1.29, 1.82) is 0 Å². The van der Waals surface area contributed by atoms with Crippen LogP contribution in [0.3, 0.4) is 0 Å². The Morgan fingerprint density at radius 3 is 2.97 bits per heavy atom. The van der Waals surface area contributed by atoms with E-state index in [9.17, 15) is 9.90 Å². The van der Waals surface area contributed by atoms with Crippen molar-refractivity contribution in [2.24, 2.45) is 0 Å². The fourth-order valence-corrected chi connectivity index (χ4v) is 4.17. The maximum absolute atomic E-state index is 11.4. The number of para-hydroxylation sites is 1. The zero-order valence-corrected chi connectivity index (χ0v) is 19.3. The molecule has 4 aromatic rings. The predicted molar refractivity (Wildman–Crippen MR) is 127 cm³/mol. The number of aromatic nitrogens is 4. The van der Waals surface area contributed by atoms with Crippen LogP contribution in [0.5, 0.6) is 5.88 Å². The zero-order chi connectivity index (χ0) is 24.2. The number of nitrogens with one attached hydrogen (secondary N) is 1. The smallest absolute Gasteiger partial charge is 0.356 e. The molecule has 0 radical (unpaired) electrons. The Bertz CT molecular complexity index is 1380. The summed E-state index contributed by atoms with van der Waals surface area (Å²) in [6, 6.07) is 9.22. The van der Waals surface area contributed by atoms with E-state index in [1.165, 1.54) is 0 Å². The Labute approximate surface area is 200 Å². The minimum atomic E-state index is -0.725. The van der Waals surface area contributed by atoms with Crippen LogP contribution in [-0.2, 0) is 11.3 Å². The first-order chi connectivity index (χ1) is 17.1. The molecule has 2 atom stereocenters. The lowest BCUT2D eigenvalue weighted by Crippen LogP contribution is -2.47. The number of nitrogens with zero attached hydrogens (tertiary/aromatic N) is 5. The molecule has 11 heteroatoms. The third-order valence-electron chi connectivity index (χ3n) is 5.89. The summed E-state index contributed by atoms with van der Waals surface area (Å²) in [5.74, 6) is 0.411. The van der Waals surface area contributed by atoms with Crippen molar-refractivity contribution >= 4 is 22.3 Å². The summed E-state index contributed by atoms with van der Waals surface area (Å²) in [4.78, 5) is 30.8. The molecule has 0 amide bonds. The highest BCUT2D eigenvalue weighted by atomic mass is 16.5. The van der Waals surface area contributed by atoms with E-state index in [4.69, 9.17) is 13.9 Å². The summed E-state index contributed by atoms with van der Waals surface area (Å²) in [5, 5.41) is 14.3. The van der Waals surface area contributed by atoms with Crippen molar-refractivity contribution in [3.8, 4) is 5.88 Å². The molecule has 1 aromatic carbocycles. The summed E-state index contributed by atoms with van der Waals surface area (Å²) >= 11 is 0. The second kappa shape index (κ2) is 10.4. The van der Waals surface area contributed by atoms with E-state index in [0.717, 1.165) is 24.0 Å². The second-order valence-corrected chi connectivity index (χ2v) is 8.33. The highest BCUT2D eigenvalue weighted by molar-refractivity contribution is 5.78. The molecule has 3 aromatic heterocycles. The number of methoxy groups -OCH3 is 1. The fraction of sp³-hybridized carbons (Fsp3) is 0.375. The molecule has 4 heterocycles. The summed E-state index contributed by atoms with van der Waals surface area (Å²) in [6.07, 6.45) is 1.94. The average Bonchev–Trinajstić information content (AvgIpc) is 2.88. The molecule has 182 valence electrons. The fourth-order valence-electron chi connectivity index (χ4n) is 4.17. The molecule has 35 heavy (non-hydrogen) atoms. The number of benzene rings is 1. The summed E-state index contributed by atoms with van der Waals surface area (Å²) in [7, 11) is 1.54. The van der Waals surface area contributed by atoms with Crippen LogP contribution in [0, 0.1) is 0 Å². The van der Waals surface area contributed by atoms with Crippen molar-refractivity contribution in [3.63, 3.8) is 0 Å². The van der Waals surface area contributed by atoms with Crippen LogP contribution >= 0.6 is 0 Å². The van der Waals surface area contributed by atoms with E-state index in [1.807, 2.05) is 24.3 Å². The third-order valence-corrected chi connectivity index (χ3v) is 5.89. The molecule has 1 fully saturated rings. The van der Waals surface area contributed by atoms with Gasteiger partial charge in [0.2, 0.25) is 11.6 Å². The molecular weight excluding hydrogens is 452 g/mol. The molecule has 5 rings (SSSR count). The van der Waals surface area contributed by atoms with Gasteiger partial charge in [-0.3, -0.25) is 4.90 Å². The number of pyridine rings is 1. The number of rotatable bonds is 8. The quantitative estimate of drug-likeness (QED) is 0.376. The Balaban J connectivity index is 1.17. The molecule has 1 aliphatic heterocycles. The van der Waals surface area contributed by atoms with Crippen LogP contribution < -0.4 is 15.7 Å². The first-order valence-corrected chi connectivity index (χ1v) is 11.4. The van der Waals surface area contributed by atoms with Crippen molar-refractivity contribution < 1.29 is 19.0 Å². The van der Waals surface area contributed by atoms with Crippen LogP contribution in [-0.4, -0.2) is 75.9 Å². The average molecular weight is 479 g/mol. The molecule has 1 saturated heterocycles. The number of morpholine rings is 1. The lowest BCUT2D eigenvalue weighted by atomic mass is 10.1. The standard InChI is InChI=1S/C24H26N6O5/c1-33-21-11-26-18-4-2-3-17(23(18)29-21)20(31)14-30-7-8-34-16(13-30)10-25-9-15-5-6-19-24(28-15)35-22(32)12-27-19/h2-6,11-12,16,20,25,31H,7-10,13-14H2,1H3. The zero-order valence-electron chi connectivity index (χ0n) is 19.3. The van der Waals surface area contributed by atoms with Crippen molar-refractivity contribution in [1.82, 2.24) is 30.2 Å². The number of ether oxygens (including phenoxy) is 2. The molecule has 2 N–H and O–H groups in total. The number of hydrogen-bond acceptors (Lipinski definition) is 11. The SMILES string of the molecule is COc1cnc2cccc(C(O)CN3CCOC(CNCc4ccc5ncc(=O)oc5n4)C3)c2n1. The Morgan fingerprint density at radius 2 is 2.09 bits per heavy atom. The number of aliphatic hydroxyl groups excluding tert-OH is 1. The second-order valence-electron chi connectivity index (χ2n) is 8.33. The number of aliphatic hydroxyl groups is 1. The van der Waals surface area contributed by atoms with Gasteiger partial charge in [0.15, 0.2) is 0 Å². The van der Waals surface area contributed by atoms with E-state index < -0.39 is 11.7 Å². The van der Waals surface area contributed by atoms with Gasteiger partial charge in [-0.25, -0.2) is 24.7 Å². The van der Waals surface area contributed by atoms with Crippen molar-refractivity contribution in [3.05, 3.63) is 64.4 Å². The van der Waals surface area contributed by atoms with E-state index in [1.54, 1.807) is 19.4 Å². The van der Waals surface area contributed by atoms with Gasteiger partial charge < -0.3 is 24.3 Å². The number of β-amino-alcohol motifs (C(OH)–C–C–N with tert-alkyl or cyclic N) is 1. The molecule has 0 spiro atoms. The van der Waals surface area contributed by atoms with Crippen LogP contribution in [0.15, 0.2) is 51.9 Å². The molecule has 0 saturated carbocycles. The molecule has 0 bridgehead atoms. The van der Waals surface area contributed by atoms with Gasteiger partial charge in [-0.1, -0.05) is 12.1 Å². The topological polar surface area (TPSA) is 136 Å². The number of fused-ring (bicyclic) bond motifs is 2. The first kappa shape index (κ1) is 23.2.